The predicted molar refractivity (Wildman–Crippen MR) is 61.5 cm³/mol. The highest BCUT2D eigenvalue weighted by Gasteiger charge is 2.20. The molecule has 0 bridgehead atoms. The quantitative estimate of drug-likeness (QED) is 0.867. The molecule has 1 aromatic rings. The Morgan fingerprint density at radius 1 is 1.38 bits per heavy atom. The van der Waals surface area contributed by atoms with E-state index in [0.717, 1.165) is 25.6 Å². The molecule has 0 unspecified atom stereocenters. The van der Waals surface area contributed by atoms with E-state index in [4.69, 9.17) is 5.73 Å². The van der Waals surface area contributed by atoms with Crippen molar-refractivity contribution in [2.24, 2.45) is 5.73 Å². The minimum Gasteiger partial charge on any atom is -0.326 e. The molecule has 0 amide bonds. The number of nitrogens with zero attached hydrogens (tertiary/aromatic N) is 1. The van der Waals surface area contributed by atoms with E-state index in [1.54, 1.807) is 6.07 Å². The van der Waals surface area contributed by atoms with Crippen molar-refractivity contribution >= 4 is 12.4 Å². The summed E-state index contributed by atoms with van der Waals surface area (Å²) in [4.78, 5) is 2.04. The van der Waals surface area contributed by atoms with Gasteiger partial charge in [-0.25, -0.2) is 8.78 Å². The standard InChI is InChI=1S/C11H14F2N2.ClH/c12-10-3-1-2-8(11(10)13)6-15-5-4-9(14)7-15;/h1-3,9H,4-7,14H2;1H/t9-;/m1./s1. The van der Waals surface area contributed by atoms with Crippen LogP contribution in [0, 0.1) is 11.6 Å². The molecule has 1 atom stereocenters. The second-order valence-electron chi connectivity index (χ2n) is 4.00. The van der Waals surface area contributed by atoms with Crippen molar-refractivity contribution < 1.29 is 8.78 Å². The van der Waals surface area contributed by atoms with Crippen LogP contribution in [0.2, 0.25) is 0 Å². The van der Waals surface area contributed by atoms with Crippen molar-refractivity contribution in [3.63, 3.8) is 0 Å². The fourth-order valence-electron chi connectivity index (χ4n) is 1.92. The van der Waals surface area contributed by atoms with Crippen LogP contribution in [0.1, 0.15) is 12.0 Å². The number of likely N-dealkylation sites (tertiary alicyclic amines) is 1. The van der Waals surface area contributed by atoms with Crippen molar-refractivity contribution in [3.05, 3.63) is 35.4 Å². The van der Waals surface area contributed by atoms with Gasteiger partial charge in [-0.05, 0) is 12.5 Å². The lowest BCUT2D eigenvalue weighted by Gasteiger charge is -2.15. The van der Waals surface area contributed by atoms with Crippen LogP contribution in [0.3, 0.4) is 0 Å². The Morgan fingerprint density at radius 3 is 2.75 bits per heavy atom. The summed E-state index contributed by atoms with van der Waals surface area (Å²) in [6.07, 6.45) is 0.928. The molecule has 0 radical (unpaired) electrons. The first-order valence-corrected chi connectivity index (χ1v) is 5.07. The summed E-state index contributed by atoms with van der Waals surface area (Å²) in [6, 6.07) is 4.45. The molecule has 1 saturated heterocycles. The number of rotatable bonds is 2. The van der Waals surface area contributed by atoms with Gasteiger partial charge in [0.05, 0.1) is 0 Å². The molecule has 1 heterocycles. The van der Waals surface area contributed by atoms with E-state index in [0.29, 0.717) is 12.1 Å². The van der Waals surface area contributed by atoms with Gasteiger partial charge in [-0.15, -0.1) is 12.4 Å². The third-order valence-corrected chi connectivity index (χ3v) is 2.73. The van der Waals surface area contributed by atoms with Gasteiger partial charge in [0.25, 0.3) is 0 Å². The van der Waals surface area contributed by atoms with E-state index in [1.165, 1.54) is 6.07 Å². The average molecular weight is 249 g/mol. The molecule has 1 aliphatic rings. The van der Waals surface area contributed by atoms with Gasteiger partial charge in [-0.1, -0.05) is 12.1 Å². The molecule has 2 nitrogen and oxygen atoms in total. The van der Waals surface area contributed by atoms with Gasteiger partial charge in [0.1, 0.15) is 0 Å². The van der Waals surface area contributed by atoms with Crippen LogP contribution in [0.5, 0.6) is 0 Å². The summed E-state index contributed by atoms with van der Waals surface area (Å²) in [6.45, 7) is 2.06. The fourth-order valence-corrected chi connectivity index (χ4v) is 1.92. The molecule has 0 spiro atoms. The highest BCUT2D eigenvalue weighted by atomic mass is 35.5. The minimum atomic E-state index is -0.781. The Kier molecular flexibility index (Phi) is 4.65. The highest BCUT2D eigenvalue weighted by molar-refractivity contribution is 5.85. The maximum absolute atomic E-state index is 13.3. The molecule has 16 heavy (non-hydrogen) atoms. The van der Waals surface area contributed by atoms with Crippen LogP contribution in [0.4, 0.5) is 8.78 Å². The highest BCUT2D eigenvalue weighted by Crippen LogP contribution is 2.16. The summed E-state index contributed by atoms with van der Waals surface area (Å²) in [5.41, 5.74) is 6.14. The summed E-state index contributed by atoms with van der Waals surface area (Å²) < 4.78 is 26.2. The lowest BCUT2D eigenvalue weighted by atomic mass is 10.2. The van der Waals surface area contributed by atoms with Gasteiger partial charge in [-0.2, -0.15) is 0 Å². The first kappa shape index (κ1) is 13.4. The first-order valence-electron chi connectivity index (χ1n) is 5.07. The van der Waals surface area contributed by atoms with Crippen LogP contribution in [-0.2, 0) is 6.54 Å². The molecule has 1 aliphatic heterocycles. The number of hydrogen-bond donors (Lipinski definition) is 1. The van der Waals surface area contributed by atoms with Crippen molar-refractivity contribution in [3.8, 4) is 0 Å². The molecule has 90 valence electrons. The zero-order valence-corrected chi connectivity index (χ0v) is 9.64. The Hall–Kier alpha value is -0.710. The van der Waals surface area contributed by atoms with Gasteiger partial charge in [0.2, 0.25) is 0 Å². The Morgan fingerprint density at radius 2 is 2.12 bits per heavy atom. The second kappa shape index (κ2) is 5.57. The number of hydrogen-bond acceptors (Lipinski definition) is 2. The van der Waals surface area contributed by atoms with Crippen LogP contribution in [0.25, 0.3) is 0 Å². The third-order valence-electron chi connectivity index (χ3n) is 2.73. The van der Waals surface area contributed by atoms with Crippen LogP contribution >= 0.6 is 12.4 Å². The minimum absolute atomic E-state index is 0. The van der Waals surface area contributed by atoms with E-state index < -0.39 is 11.6 Å². The zero-order valence-electron chi connectivity index (χ0n) is 8.83. The Bertz CT molecular complexity index is 360. The van der Waals surface area contributed by atoms with Crippen LogP contribution in [0.15, 0.2) is 18.2 Å². The maximum atomic E-state index is 13.3. The molecule has 2 N–H and O–H groups in total. The normalized spacial score (nSPS) is 20.8. The molecule has 0 saturated carbocycles. The van der Waals surface area contributed by atoms with Crippen LogP contribution < -0.4 is 5.73 Å². The number of halogens is 3. The van der Waals surface area contributed by atoms with Gasteiger partial charge in [0.15, 0.2) is 11.6 Å². The molecular formula is C11H15ClF2N2. The van der Waals surface area contributed by atoms with Gasteiger partial charge < -0.3 is 5.73 Å². The third kappa shape index (κ3) is 2.90. The smallest absolute Gasteiger partial charge is 0.163 e. The van der Waals surface area contributed by atoms with Crippen molar-refractivity contribution in [2.75, 3.05) is 13.1 Å². The predicted octanol–water partition coefficient (Wildman–Crippen LogP) is 1.92. The zero-order chi connectivity index (χ0) is 10.8. The van der Waals surface area contributed by atoms with E-state index in [2.05, 4.69) is 0 Å². The second-order valence-corrected chi connectivity index (χ2v) is 4.00. The van der Waals surface area contributed by atoms with Gasteiger partial charge >= 0.3 is 0 Å². The van der Waals surface area contributed by atoms with Crippen LogP contribution in [-0.4, -0.2) is 24.0 Å². The summed E-state index contributed by atoms with van der Waals surface area (Å²) in [5.74, 6) is -1.52. The van der Waals surface area contributed by atoms with E-state index in [9.17, 15) is 8.78 Å². The molecule has 0 aliphatic carbocycles. The summed E-state index contributed by atoms with van der Waals surface area (Å²) in [7, 11) is 0. The topological polar surface area (TPSA) is 29.3 Å². The van der Waals surface area contributed by atoms with E-state index >= 15 is 0 Å². The lowest BCUT2D eigenvalue weighted by molar-refractivity contribution is 0.318. The summed E-state index contributed by atoms with van der Waals surface area (Å²) >= 11 is 0. The average Bonchev–Trinajstić information content (AvgIpc) is 2.59. The molecule has 1 fully saturated rings. The van der Waals surface area contributed by atoms with Gasteiger partial charge in [-0.3, -0.25) is 4.90 Å². The molecule has 0 aromatic heterocycles. The fraction of sp³-hybridized carbons (Fsp3) is 0.455. The van der Waals surface area contributed by atoms with E-state index in [1.807, 2.05) is 4.90 Å². The number of nitrogens with two attached hydrogens (primary N) is 1. The largest absolute Gasteiger partial charge is 0.326 e. The first-order chi connectivity index (χ1) is 7.16. The molecule has 5 heteroatoms. The van der Waals surface area contributed by atoms with Gasteiger partial charge in [0, 0.05) is 31.2 Å². The van der Waals surface area contributed by atoms with Crippen molar-refractivity contribution in [1.82, 2.24) is 4.90 Å². The lowest BCUT2D eigenvalue weighted by Crippen LogP contribution is -2.26. The number of benzene rings is 1. The molecule has 2 rings (SSSR count). The SMILES string of the molecule is Cl.N[C@@H]1CCN(Cc2cccc(F)c2F)C1. The Balaban J connectivity index is 0.00000128. The Labute approximate surface area is 99.8 Å². The van der Waals surface area contributed by atoms with Crippen molar-refractivity contribution in [1.29, 1.82) is 0 Å². The summed E-state index contributed by atoms with van der Waals surface area (Å²) in [5, 5.41) is 0. The monoisotopic (exact) mass is 248 g/mol. The van der Waals surface area contributed by atoms with Crippen molar-refractivity contribution in [2.45, 2.75) is 19.0 Å². The van der Waals surface area contributed by atoms with E-state index in [-0.39, 0.29) is 18.4 Å². The molecular weight excluding hydrogens is 234 g/mol. The molecule has 1 aromatic carbocycles. The maximum Gasteiger partial charge on any atom is 0.163 e.